The van der Waals surface area contributed by atoms with Gasteiger partial charge in [-0.1, -0.05) is 18.7 Å². The molecule has 0 atom stereocenters. The zero-order valence-electron chi connectivity index (χ0n) is 22.2. The first kappa shape index (κ1) is 27.1. The van der Waals surface area contributed by atoms with Gasteiger partial charge in [0.1, 0.15) is 11.4 Å². The number of rotatable bonds is 7. The second kappa shape index (κ2) is 10.2. The molecule has 40 heavy (non-hydrogen) atoms. The van der Waals surface area contributed by atoms with Gasteiger partial charge >= 0.3 is 0 Å². The van der Waals surface area contributed by atoms with Crippen molar-refractivity contribution in [2.45, 2.75) is 38.0 Å². The van der Waals surface area contributed by atoms with Crippen molar-refractivity contribution in [1.82, 2.24) is 19.7 Å². The molecule has 9 nitrogen and oxygen atoms in total. The molecule has 0 amide bonds. The summed E-state index contributed by atoms with van der Waals surface area (Å²) < 4.78 is 54.7. The normalized spacial score (nSPS) is 12.8. The second-order valence-electron chi connectivity index (χ2n) is 9.59. The van der Waals surface area contributed by atoms with E-state index < -0.39 is 16.3 Å². The Morgan fingerprint density at radius 1 is 1.10 bits per heavy atom. The van der Waals surface area contributed by atoms with Crippen LogP contribution in [0.4, 0.5) is 31.7 Å². The van der Waals surface area contributed by atoms with Crippen LogP contribution < -0.4 is 5.32 Å². The van der Waals surface area contributed by atoms with E-state index in [0.29, 0.717) is 28.3 Å². The van der Waals surface area contributed by atoms with Crippen molar-refractivity contribution < 1.29 is 17.2 Å². The number of aromatic nitrogens is 4. The van der Waals surface area contributed by atoms with Crippen LogP contribution in [0.5, 0.6) is 0 Å². The van der Waals surface area contributed by atoms with Crippen molar-refractivity contribution in [1.29, 1.82) is 0 Å². The first-order chi connectivity index (χ1) is 18.9. The van der Waals surface area contributed by atoms with Gasteiger partial charge < -0.3 is 10.2 Å². The smallest absolute Gasteiger partial charge is 0.277 e. The highest BCUT2D eigenvalue weighted by Crippen LogP contribution is 2.40. The number of alkyl halides is 2. The van der Waals surface area contributed by atoms with Crippen molar-refractivity contribution in [3.63, 3.8) is 0 Å². The predicted molar refractivity (Wildman–Crippen MR) is 149 cm³/mol. The third-order valence-corrected chi connectivity index (χ3v) is 7.83. The number of nitrogens with one attached hydrogen (secondary N) is 1. The lowest BCUT2D eigenvalue weighted by atomic mass is 10.0. The lowest BCUT2D eigenvalue weighted by molar-refractivity contribution is 0.224. The number of hydrogen-bond acceptors (Lipinski definition) is 7. The predicted octanol–water partition coefficient (Wildman–Crippen LogP) is 5.68. The first-order valence-electron chi connectivity index (χ1n) is 12.3. The van der Waals surface area contributed by atoms with Crippen LogP contribution in [0.2, 0.25) is 0 Å². The number of nitrogens with zero attached hydrogens (tertiary/aromatic N) is 6. The van der Waals surface area contributed by atoms with Gasteiger partial charge in [0.05, 0.1) is 45.5 Å². The van der Waals surface area contributed by atoms with Gasteiger partial charge in [0.2, 0.25) is 0 Å². The summed E-state index contributed by atoms with van der Waals surface area (Å²) in [7, 11) is -1.89. The van der Waals surface area contributed by atoms with Crippen LogP contribution in [-0.2, 0) is 29.7 Å². The van der Waals surface area contributed by atoms with Crippen molar-refractivity contribution in [2.24, 2.45) is 12.0 Å². The highest BCUT2D eigenvalue weighted by Gasteiger charge is 2.27. The molecule has 0 unspecified atom stereocenters. The molecule has 0 saturated carbocycles. The minimum absolute atomic E-state index is 0.0438. The number of aliphatic imine (C=N–C) groups is 1. The van der Waals surface area contributed by atoms with Gasteiger partial charge in [-0.05, 0) is 49.7 Å². The quantitative estimate of drug-likeness (QED) is 0.291. The third-order valence-electron chi connectivity index (χ3n) is 6.69. The number of hydrogen-bond donors (Lipinski definition) is 1. The van der Waals surface area contributed by atoms with Gasteiger partial charge in [-0.3, -0.25) is 9.67 Å². The van der Waals surface area contributed by atoms with Crippen molar-refractivity contribution in [3.05, 3.63) is 82.4 Å². The lowest BCUT2D eigenvalue weighted by Gasteiger charge is -2.16. The van der Waals surface area contributed by atoms with Crippen LogP contribution in [0.25, 0.3) is 16.0 Å². The molecule has 0 fully saturated rings. The maximum absolute atomic E-state index is 13.6. The van der Waals surface area contributed by atoms with Crippen LogP contribution in [0.3, 0.4) is 0 Å². The largest absolute Gasteiger partial charge is 0.361 e. The third kappa shape index (κ3) is 5.20. The maximum Gasteiger partial charge on any atom is 0.277 e. The summed E-state index contributed by atoms with van der Waals surface area (Å²) in [6.07, 6.45) is -1.51. The van der Waals surface area contributed by atoms with E-state index in [9.17, 15) is 17.2 Å². The Bertz CT molecular complexity index is 1840. The highest BCUT2D eigenvalue weighted by atomic mass is 32.2. The van der Waals surface area contributed by atoms with Gasteiger partial charge in [0, 0.05) is 31.0 Å². The zero-order valence-corrected chi connectivity index (χ0v) is 23.0. The molecule has 12 heteroatoms. The standard InChI is InChI=1S/C28H25F2N7O2S/c1-15-26(16(2)37(4)36-15)17-9-10-20(24(11-17)40(5,38)39)34-21-13-19(12-18-7-6-8-25(31-3)33-18)32-22-14-23(28(29)30)35-27(21)22/h6-11,13,28H,12,14H2,1-2,4-5H3,(H,32,34). The van der Waals surface area contributed by atoms with Crippen molar-refractivity contribution >= 4 is 38.4 Å². The summed E-state index contributed by atoms with van der Waals surface area (Å²) in [5, 5.41) is 7.57. The Morgan fingerprint density at radius 3 is 2.52 bits per heavy atom. The topological polar surface area (TPSA) is 106 Å². The Labute approximate surface area is 230 Å². The monoisotopic (exact) mass is 561 g/mol. The average molecular weight is 562 g/mol. The lowest BCUT2D eigenvalue weighted by Crippen LogP contribution is -2.10. The van der Waals surface area contributed by atoms with E-state index in [1.54, 1.807) is 47.1 Å². The molecule has 1 N–H and O–H groups in total. The molecule has 0 spiro atoms. The minimum atomic E-state index is -3.71. The number of pyridine rings is 2. The van der Waals surface area contributed by atoms with Crippen LogP contribution in [0.15, 0.2) is 52.4 Å². The van der Waals surface area contributed by atoms with E-state index in [-0.39, 0.29) is 40.6 Å². The van der Waals surface area contributed by atoms with E-state index in [1.165, 1.54) is 0 Å². The molecule has 5 rings (SSSR count). The number of benzene rings is 1. The summed E-state index contributed by atoms with van der Waals surface area (Å²) >= 11 is 0. The van der Waals surface area contributed by atoms with Gasteiger partial charge in [-0.15, -0.1) is 4.98 Å². The van der Waals surface area contributed by atoms with Crippen LogP contribution in [0.1, 0.15) is 28.5 Å². The molecule has 1 aromatic carbocycles. The number of fused-ring (bicyclic) bond motifs is 1. The van der Waals surface area contributed by atoms with Gasteiger partial charge in [-0.25, -0.2) is 22.2 Å². The molecule has 4 aromatic rings. The molecule has 1 aliphatic heterocycles. The molecular weight excluding hydrogens is 536 g/mol. The zero-order chi connectivity index (χ0) is 28.8. The van der Waals surface area contributed by atoms with Crippen LogP contribution >= 0.6 is 0 Å². The number of aryl methyl sites for hydroxylation is 2. The summed E-state index contributed by atoms with van der Waals surface area (Å²) in [5.74, 6) is 0.234. The van der Waals surface area contributed by atoms with Crippen LogP contribution in [0, 0.1) is 20.4 Å². The van der Waals surface area contributed by atoms with Crippen LogP contribution in [-0.4, -0.2) is 46.6 Å². The second-order valence-corrected chi connectivity index (χ2v) is 11.6. The van der Waals surface area contributed by atoms with E-state index in [2.05, 4.69) is 30.2 Å². The molecule has 0 bridgehead atoms. The summed E-state index contributed by atoms with van der Waals surface area (Å²) in [6, 6.07) is 11.7. The van der Waals surface area contributed by atoms with E-state index in [1.807, 2.05) is 20.9 Å². The number of anilines is 2. The van der Waals surface area contributed by atoms with Gasteiger partial charge in [0.25, 0.3) is 12.2 Å². The maximum atomic E-state index is 13.6. The Hall–Kier alpha value is -4.50. The number of sulfone groups is 1. The van der Waals surface area contributed by atoms with Crippen molar-refractivity contribution in [2.75, 3.05) is 11.6 Å². The molecule has 0 radical (unpaired) electrons. The minimum Gasteiger partial charge on any atom is -0.361 e. The molecular formula is C28H25F2N7O2S. The molecule has 0 saturated heterocycles. The summed E-state index contributed by atoms with van der Waals surface area (Å²) in [5.41, 5.74) is 5.20. The van der Waals surface area contributed by atoms with E-state index in [4.69, 9.17) is 6.57 Å². The van der Waals surface area contributed by atoms with E-state index >= 15 is 0 Å². The van der Waals surface area contributed by atoms with Gasteiger partial charge in [0.15, 0.2) is 9.84 Å². The Morgan fingerprint density at radius 2 is 1.88 bits per heavy atom. The van der Waals surface area contributed by atoms with E-state index in [0.717, 1.165) is 23.2 Å². The highest BCUT2D eigenvalue weighted by molar-refractivity contribution is 7.90. The fraction of sp³-hybridized carbons (Fsp3) is 0.250. The SMILES string of the molecule is [C-]#[N+]c1cccc(Cc2cc(Nc3ccc(-c4c(C)nn(C)c4C)cc3S(C)(=O)=O)c3c(n2)CC(C(F)F)=N3)n1. The molecule has 0 aliphatic carbocycles. The summed E-state index contributed by atoms with van der Waals surface area (Å²) in [4.78, 5) is 16.4. The molecule has 3 aromatic heterocycles. The molecule has 204 valence electrons. The molecule has 1 aliphatic rings. The van der Waals surface area contributed by atoms with Gasteiger partial charge in [-0.2, -0.15) is 5.10 Å². The van der Waals surface area contributed by atoms with Crippen molar-refractivity contribution in [3.8, 4) is 11.1 Å². The Balaban J connectivity index is 1.60. The Kier molecular flexibility index (Phi) is 6.93. The fourth-order valence-corrected chi connectivity index (χ4v) is 5.66. The fourth-order valence-electron chi connectivity index (χ4n) is 4.80. The molecule has 4 heterocycles. The average Bonchev–Trinajstić information content (AvgIpc) is 3.44. The first-order valence-corrected chi connectivity index (χ1v) is 14.2. The number of halogens is 2. The summed E-state index contributed by atoms with van der Waals surface area (Å²) in [6.45, 7) is 11.0.